The van der Waals surface area contributed by atoms with Gasteiger partial charge in [0, 0.05) is 17.1 Å². The number of halogens is 1. The van der Waals surface area contributed by atoms with Crippen LogP contribution in [0.4, 0.5) is 10.1 Å². The molecule has 0 aliphatic carbocycles. The van der Waals surface area contributed by atoms with Crippen LogP contribution in [0.15, 0.2) is 18.2 Å². The van der Waals surface area contributed by atoms with Crippen molar-refractivity contribution in [3.63, 3.8) is 0 Å². The van der Waals surface area contributed by atoms with E-state index in [4.69, 9.17) is 0 Å². The largest absolute Gasteiger partial charge is 0.304 e. The van der Waals surface area contributed by atoms with Gasteiger partial charge in [-0.2, -0.15) is 16.2 Å². The molecule has 3 nitrogen and oxygen atoms in total. The van der Waals surface area contributed by atoms with Gasteiger partial charge in [-0.15, -0.1) is 0 Å². The summed E-state index contributed by atoms with van der Waals surface area (Å²) in [6.07, 6.45) is 0. The molecule has 17 heavy (non-hydrogen) atoms. The quantitative estimate of drug-likeness (QED) is 0.591. The first-order valence-electron chi connectivity index (χ1n) is 5.46. The van der Waals surface area contributed by atoms with E-state index in [2.05, 4.69) is 20.8 Å². The summed E-state index contributed by atoms with van der Waals surface area (Å²) >= 11 is 1.72. The summed E-state index contributed by atoms with van der Waals surface area (Å²) in [6.45, 7) is 6.39. The zero-order valence-electron chi connectivity index (χ0n) is 10.1. The molecular weight excluding hydrogens is 241 g/mol. The lowest BCUT2D eigenvalue weighted by Crippen LogP contribution is -2.05. The number of hydrogen-bond acceptors (Lipinski definition) is 3. The zero-order valence-corrected chi connectivity index (χ0v) is 11.0. The highest BCUT2D eigenvalue weighted by molar-refractivity contribution is 7.99. The topological polar surface area (TPSA) is 43.1 Å². The van der Waals surface area contributed by atoms with Crippen LogP contribution in [0.25, 0.3) is 0 Å². The minimum Gasteiger partial charge on any atom is -0.258 e. The summed E-state index contributed by atoms with van der Waals surface area (Å²) in [5.74, 6) is 0.474. The van der Waals surface area contributed by atoms with E-state index < -0.39 is 16.4 Å². The van der Waals surface area contributed by atoms with Gasteiger partial charge in [0.15, 0.2) is 0 Å². The first-order chi connectivity index (χ1) is 7.91. The fourth-order valence-electron chi connectivity index (χ4n) is 1.21. The first kappa shape index (κ1) is 14.0. The van der Waals surface area contributed by atoms with Crippen LogP contribution in [-0.2, 0) is 5.75 Å². The number of rotatable bonds is 5. The summed E-state index contributed by atoms with van der Waals surface area (Å²) in [5.41, 5.74) is 0.321. The van der Waals surface area contributed by atoms with Crippen molar-refractivity contribution in [3.8, 4) is 0 Å². The predicted octanol–water partition coefficient (Wildman–Crippen LogP) is 4.01. The lowest BCUT2D eigenvalue weighted by atomic mass is 10.2. The molecule has 0 bridgehead atoms. The number of benzene rings is 1. The van der Waals surface area contributed by atoms with Crippen molar-refractivity contribution in [1.29, 1.82) is 0 Å². The Morgan fingerprint density at radius 3 is 2.53 bits per heavy atom. The van der Waals surface area contributed by atoms with Crippen LogP contribution in [-0.4, -0.2) is 10.2 Å². The van der Waals surface area contributed by atoms with Gasteiger partial charge in [0.25, 0.3) is 0 Å². The van der Waals surface area contributed by atoms with Crippen molar-refractivity contribution in [1.82, 2.24) is 0 Å². The van der Waals surface area contributed by atoms with Gasteiger partial charge in [0.2, 0.25) is 5.82 Å². The standard InChI is InChI=1S/C12H16FNO2S/c1-8(2)9(3)17-7-10-4-5-12(14(15)16)11(13)6-10/h4-6,8-9H,7H2,1-3H3. The van der Waals surface area contributed by atoms with Gasteiger partial charge in [-0.25, -0.2) is 0 Å². The zero-order chi connectivity index (χ0) is 13.0. The van der Waals surface area contributed by atoms with Crippen LogP contribution >= 0.6 is 11.8 Å². The average molecular weight is 257 g/mol. The molecule has 0 saturated heterocycles. The maximum absolute atomic E-state index is 13.3. The predicted molar refractivity (Wildman–Crippen MR) is 68.6 cm³/mol. The second kappa shape index (κ2) is 6.00. The second-order valence-corrected chi connectivity index (χ2v) is 5.67. The fourth-order valence-corrected chi connectivity index (χ4v) is 2.23. The molecule has 0 heterocycles. The Labute approximate surface area is 105 Å². The molecule has 5 heteroatoms. The molecule has 0 radical (unpaired) electrons. The third kappa shape index (κ3) is 4.00. The number of thioether (sulfide) groups is 1. The monoisotopic (exact) mass is 257 g/mol. The molecular formula is C12H16FNO2S. The van der Waals surface area contributed by atoms with Crippen molar-refractivity contribution in [3.05, 3.63) is 39.7 Å². The Balaban J connectivity index is 2.68. The van der Waals surface area contributed by atoms with Gasteiger partial charge < -0.3 is 0 Å². The van der Waals surface area contributed by atoms with Gasteiger partial charge in [0.05, 0.1) is 4.92 Å². The first-order valence-corrected chi connectivity index (χ1v) is 6.51. The average Bonchev–Trinajstić information content (AvgIpc) is 2.25. The van der Waals surface area contributed by atoms with Gasteiger partial charge in [-0.05, 0) is 17.5 Å². The minimum atomic E-state index is -0.759. The molecule has 0 saturated carbocycles. The van der Waals surface area contributed by atoms with Crippen LogP contribution < -0.4 is 0 Å². The van der Waals surface area contributed by atoms with E-state index in [1.54, 1.807) is 17.8 Å². The number of nitrogens with zero attached hydrogens (tertiary/aromatic N) is 1. The van der Waals surface area contributed by atoms with Crippen molar-refractivity contribution in [2.75, 3.05) is 0 Å². The summed E-state index contributed by atoms with van der Waals surface area (Å²) < 4.78 is 13.3. The molecule has 1 atom stereocenters. The van der Waals surface area contributed by atoms with Crippen molar-refractivity contribution < 1.29 is 9.31 Å². The molecule has 0 fully saturated rings. The maximum Gasteiger partial charge on any atom is 0.304 e. The van der Waals surface area contributed by atoms with E-state index in [-0.39, 0.29) is 0 Å². The third-order valence-corrected chi connectivity index (χ3v) is 4.23. The molecule has 1 aromatic carbocycles. The highest BCUT2D eigenvalue weighted by atomic mass is 32.2. The van der Waals surface area contributed by atoms with Crippen molar-refractivity contribution in [2.24, 2.45) is 5.92 Å². The Kier molecular flexibility index (Phi) is 4.93. The van der Waals surface area contributed by atoms with Crippen LogP contribution in [0.3, 0.4) is 0 Å². The lowest BCUT2D eigenvalue weighted by Gasteiger charge is -2.14. The van der Waals surface area contributed by atoms with Gasteiger partial charge in [0.1, 0.15) is 0 Å². The molecule has 0 aromatic heterocycles. The minimum absolute atomic E-state index is 0.462. The SMILES string of the molecule is CC(C)C(C)SCc1ccc([N+](=O)[O-])c(F)c1. The van der Waals surface area contributed by atoms with Gasteiger partial charge >= 0.3 is 5.69 Å². The van der Waals surface area contributed by atoms with E-state index in [1.165, 1.54) is 12.1 Å². The lowest BCUT2D eigenvalue weighted by molar-refractivity contribution is -0.387. The Morgan fingerprint density at radius 1 is 1.41 bits per heavy atom. The summed E-state index contributed by atoms with van der Waals surface area (Å²) in [7, 11) is 0. The molecule has 1 aromatic rings. The number of nitro benzene ring substituents is 1. The Morgan fingerprint density at radius 2 is 2.06 bits per heavy atom. The highest BCUT2D eigenvalue weighted by Gasteiger charge is 2.14. The van der Waals surface area contributed by atoms with Crippen molar-refractivity contribution >= 4 is 17.4 Å². The number of nitro groups is 1. The maximum atomic E-state index is 13.3. The van der Waals surface area contributed by atoms with Crippen molar-refractivity contribution in [2.45, 2.75) is 31.8 Å². The van der Waals surface area contributed by atoms with Crippen LogP contribution in [0.5, 0.6) is 0 Å². The molecule has 0 spiro atoms. The second-order valence-electron chi connectivity index (χ2n) is 4.30. The number of hydrogen-bond donors (Lipinski definition) is 0. The Bertz CT molecular complexity index is 409. The normalized spacial score (nSPS) is 12.8. The molecule has 0 aliphatic heterocycles. The molecule has 0 N–H and O–H groups in total. The molecule has 1 rings (SSSR count). The summed E-state index contributed by atoms with van der Waals surface area (Å²) in [4.78, 5) is 9.74. The van der Waals surface area contributed by atoms with Crippen LogP contribution in [0.1, 0.15) is 26.3 Å². The molecule has 0 aliphatic rings. The van der Waals surface area contributed by atoms with E-state index in [0.29, 0.717) is 16.9 Å². The van der Waals surface area contributed by atoms with Crippen LogP contribution in [0, 0.1) is 21.8 Å². The van der Waals surface area contributed by atoms with E-state index >= 15 is 0 Å². The van der Waals surface area contributed by atoms with Gasteiger partial charge in [-0.1, -0.05) is 26.8 Å². The van der Waals surface area contributed by atoms with E-state index in [0.717, 1.165) is 5.56 Å². The fraction of sp³-hybridized carbons (Fsp3) is 0.500. The molecule has 0 amide bonds. The van der Waals surface area contributed by atoms with Crippen LogP contribution in [0.2, 0.25) is 0 Å². The van der Waals surface area contributed by atoms with E-state index in [1.807, 2.05) is 0 Å². The smallest absolute Gasteiger partial charge is 0.258 e. The highest BCUT2D eigenvalue weighted by Crippen LogP contribution is 2.25. The summed E-state index contributed by atoms with van der Waals surface area (Å²) in [6, 6.07) is 4.09. The summed E-state index contributed by atoms with van der Waals surface area (Å²) in [5, 5.41) is 10.9. The third-order valence-electron chi connectivity index (χ3n) is 2.66. The molecule has 1 unspecified atom stereocenters. The molecule has 94 valence electrons. The van der Waals surface area contributed by atoms with E-state index in [9.17, 15) is 14.5 Å². The Hall–Kier alpha value is -1.10. The van der Waals surface area contributed by atoms with Gasteiger partial charge in [-0.3, -0.25) is 10.1 Å².